The van der Waals surface area contributed by atoms with Crippen molar-refractivity contribution < 1.29 is 14.3 Å². The summed E-state index contributed by atoms with van der Waals surface area (Å²) in [5.74, 6) is -0.429. The lowest BCUT2D eigenvalue weighted by molar-refractivity contribution is -0.122. The average Bonchev–Trinajstić information content (AvgIpc) is 2.50. The standard InChI is InChI=1S/C14H19FN2O2/c1-10-5-7-17(12-4-2-3-11(15)9-12)13(6-8-18)14(19)16-10/h2-4,9-10,13,18H,5-8H2,1H3,(H,16,19). The Morgan fingerprint density at radius 2 is 2.32 bits per heavy atom. The zero-order chi connectivity index (χ0) is 13.8. The molecule has 1 aliphatic rings. The third-order valence-corrected chi connectivity index (χ3v) is 3.41. The molecule has 0 radical (unpaired) electrons. The lowest BCUT2D eigenvalue weighted by Crippen LogP contribution is -2.45. The maximum atomic E-state index is 13.3. The van der Waals surface area contributed by atoms with E-state index in [1.807, 2.05) is 11.8 Å². The predicted octanol–water partition coefficient (Wildman–Crippen LogP) is 1.29. The SMILES string of the molecule is CC1CCN(c2cccc(F)c2)C(CCO)C(=O)N1. The molecule has 0 spiro atoms. The van der Waals surface area contributed by atoms with Gasteiger partial charge >= 0.3 is 0 Å². The lowest BCUT2D eigenvalue weighted by Gasteiger charge is -2.30. The highest BCUT2D eigenvalue weighted by Gasteiger charge is 2.30. The van der Waals surface area contributed by atoms with E-state index in [1.165, 1.54) is 12.1 Å². The Morgan fingerprint density at radius 3 is 3.00 bits per heavy atom. The van der Waals surface area contributed by atoms with Crippen LogP contribution in [-0.2, 0) is 4.79 Å². The first-order chi connectivity index (χ1) is 9.11. The van der Waals surface area contributed by atoms with Gasteiger partial charge < -0.3 is 15.3 Å². The van der Waals surface area contributed by atoms with E-state index < -0.39 is 6.04 Å². The van der Waals surface area contributed by atoms with Crippen molar-refractivity contribution in [3.8, 4) is 0 Å². The van der Waals surface area contributed by atoms with Crippen LogP contribution in [0.15, 0.2) is 24.3 Å². The maximum absolute atomic E-state index is 13.3. The fourth-order valence-electron chi connectivity index (χ4n) is 2.41. The first-order valence-corrected chi connectivity index (χ1v) is 6.55. The van der Waals surface area contributed by atoms with Crippen LogP contribution in [0.5, 0.6) is 0 Å². The van der Waals surface area contributed by atoms with Gasteiger partial charge in [0.25, 0.3) is 0 Å². The zero-order valence-electron chi connectivity index (χ0n) is 11.0. The Morgan fingerprint density at radius 1 is 1.53 bits per heavy atom. The molecule has 4 nitrogen and oxygen atoms in total. The van der Waals surface area contributed by atoms with Gasteiger partial charge in [-0.2, -0.15) is 0 Å². The molecule has 5 heteroatoms. The summed E-state index contributed by atoms with van der Waals surface area (Å²) in [5.41, 5.74) is 0.683. The van der Waals surface area contributed by atoms with Crippen LogP contribution >= 0.6 is 0 Å². The molecule has 1 aliphatic heterocycles. The number of hydrogen-bond acceptors (Lipinski definition) is 3. The molecule has 0 saturated carbocycles. The molecule has 2 rings (SSSR count). The number of aliphatic hydroxyl groups is 1. The van der Waals surface area contributed by atoms with Crippen LogP contribution < -0.4 is 10.2 Å². The van der Waals surface area contributed by atoms with Gasteiger partial charge in [0.1, 0.15) is 11.9 Å². The van der Waals surface area contributed by atoms with Gasteiger partial charge in [0.05, 0.1) is 0 Å². The summed E-state index contributed by atoms with van der Waals surface area (Å²) in [6.45, 7) is 2.54. The molecule has 1 aromatic carbocycles. The predicted molar refractivity (Wildman–Crippen MR) is 71.5 cm³/mol. The van der Waals surface area contributed by atoms with E-state index in [2.05, 4.69) is 5.32 Å². The van der Waals surface area contributed by atoms with Crippen molar-refractivity contribution in [3.63, 3.8) is 0 Å². The normalized spacial score (nSPS) is 23.9. The van der Waals surface area contributed by atoms with Crippen molar-refractivity contribution in [2.75, 3.05) is 18.1 Å². The Balaban J connectivity index is 2.30. The molecule has 2 unspecified atom stereocenters. The number of halogens is 1. The molecule has 0 bridgehead atoms. The van der Waals surface area contributed by atoms with Crippen molar-refractivity contribution in [2.24, 2.45) is 0 Å². The van der Waals surface area contributed by atoms with Crippen molar-refractivity contribution >= 4 is 11.6 Å². The van der Waals surface area contributed by atoms with Crippen LogP contribution in [0, 0.1) is 5.82 Å². The van der Waals surface area contributed by atoms with E-state index >= 15 is 0 Å². The molecule has 0 aliphatic carbocycles. The maximum Gasteiger partial charge on any atom is 0.242 e. The number of carbonyl (C=O) groups is 1. The Hall–Kier alpha value is -1.62. The van der Waals surface area contributed by atoms with Crippen LogP contribution in [0.3, 0.4) is 0 Å². The molecule has 1 aromatic rings. The minimum Gasteiger partial charge on any atom is -0.396 e. The number of amides is 1. The monoisotopic (exact) mass is 266 g/mol. The van der Waals surface area contributed by atoms with Gasteiger partial charge in [-0.1, -0.05) is 6.07 Å². The lowest BCUT2D eigenvalue weighted by atomic mass is 10.1. The minimum atomic E-state index is -0.447. The number of rotatable bonds is 3. The van der Waals surface area contributed by atoms with Crippen LogP contribution in [0.25, 0.3) is 0 Å². The highest BCUT2D eigenvalue weighted by atomic mass is 19.1. The summed E-state index contributed by atoms with van der Waals surface area (Å²) in [5, 5.41) is 12.0. The number of hydrogen-bond donors (Lipinski definition) is 2. The van der Waals surface area contributed by atoms with Gasteiger partial charge in [0, 0.05) is 24.9 Å². The van der Waals surface area contributed by atoms with Crippen molar-refractivity contribution in [1.82, 2.24) is 5.32 Å². The summed E-state index contributed by atoms with van der Waals surface area (Å²) >= 11 is 0. The zero-order valence-corrected chi connectivity index (χ0v) is 11.0. The molecule has 2 N–H and O–H groups in total. The van der Waals surface area contributed by atoms with Gasteiger partial charge in [-0.05, 0) is 38.0 Å². The molecule has 1 fully saturated rings. The second kappa shape index (κ2) is 6.02. The molecule has 1 saturated heterocycles. The van der Waals surface area contributed by atoms with Gasteiger partial charge in [-0.15, -0.1) is 0 Å². The van der Waals surface area contributed by atoms with E-state index in [-0.39, 0.29) is 24.4 Å². The Labute approximate surface area is 112 Å². The van der Waals surface area contributed by atoms with Crippen LogP contribution in [0.4, 0.5) is 10.1 Å². The first-order valence-electron chi connectivity index (χ1n) is 6.55. The van der Waals surface area contributed by atoms with E-state index in [9.17, 15) is 9.18 Å². The summed E-state index contributed by atoms with van der Waals surface area (Å²) in [4.78, 5) is 14.0. The Kier molecular flexibility index (Phi) is 4.37. The number of aliphatic hydroxyl groups excluding tert-OH is 1. The molecule has 0 aromatic heterocycles. The first kappa shape index (κ1) is 13.8. The highest BCUT2D eigenvalue weighted by molar-refractivity contribution is 5.86. The molecule has 2 atom stereocenters. The topological polar surface area (TPSA) is 52.6 Å². The number of nitrogens with zero attached hydrogens (tertiary/aromatic N) is 1. The third kappa shape index (κ3) is 3.23. The number of carbonyl (C=O) groups excluding carboxylic acids is 1. The van der Waals surface area contributed by atoms with Gasteiger partial charge in [-0.3, -0.25) is 4.79 Å². The largest absolute Gasteiger partial charge is 0.396 e. The van der Waals surface area contributed by atoms with Crippen LogP contribution in [-0.4, -0.2) is 36.2 Å². The molecule has 104 valence electrons. The molecular formula is C14H19FN2O2. The summed E-state index contributed by atoms with van der Waals surface area (Å²) in [6, 6.07) is 5.87. The van der Waals surface area contributed by atoms with E-state index in [4.69, 9.17) is 5.11 Å². The van der Waals surface area contributed by atoms with Crippen LogP contribution in [0.2, 0.25) is 0 Å². The second-order valence-corrected chi connectivity index (χ2v) is 4.90. The van der Waals surface area contributed by atoms with E-state index in [0.717, 1.165) is 6.42 Å². The van der Waals surface area contributed by atoms with E-state index in [1.54, 1.807) is 12.1 Å². The number of nitrogens with one attached hydrogen (secondary N) is 1. The average molecular weight is 266 g/mol. The Bertz CT molecular complexity index is 453. The van der Waals surface area contributed by atoms with Gasteiger partial charge in [0.2, 0.25) is 5.91 Å². The van der Waals surface area contributed by atoms with Gasteiger partial charge in [-0.25, -0.2) is 4.39 Å². The smallest absolute Gasteiger partial charge is 0.242 e. The summed E-state index contributed by atoms with van der Waals surface area (Å²) in [6.07, 6.45) is 1.14. The second-order valence-electron chi connectivity index (χ2n) is 4.90. The molecule has 1 heterocycles. The highest BCUT2D eigenvalue weighted by Crippen LogP contribution is 2.22. The summed E-state index contributed by atoms with van der Waals surface area (Å²) in [7, 11) is 0. The molecule has 1 amide bonds. The fourth-order valence-corrected chi connectivity index (χ4v) is 2.41. The molecule has 19 heavy (non-hydrogen) atoms. The molecular weight excluding hydrogens is 247 g/mol. The van der Waals surface area contributed by atoms with Crippen molar-refractivity contribution in [1.29, 1.82) is 0 Å². The van der Waals surface area contributed by atoms with E-state index in [0.29, 0.717) is 18.7 Å². The quantitative estimate of drug-likeness (QED) is 0.867. The van der Waals surface area contributed by atoms with Gasteiger partial charge in [0.15, 0.2) is 0 Å². The number of benzene rings is 1. The van der Waals surface area contributed by atoms with Crippen LogP contribution in [0.1, 0.15) is 19.8 Å². The third-order valence-electron chi connectivity index (χ3n) is 3.41. The summed E-state index contributed by atoms with van der Waals surface area (Å²) < 4.78 is 13.3. The van der Waals surface area contributed by atoms with Crippen molar-refractivity contribution in [3.05, 3.63) is 30.1 Å². The minimum absolute atomic E-state index is 0.0711. The number of anilines is 1. The fraction of sp³-hybridized carbons (Fsp3) is 0.500. The van der Waals surface area contributed by atoms with Crippen molar-refractivity contribution in [2.45, 2.75) is 31.8 Å².